The Balaban J connectivity index is 1.92. The molecule has 1 amide bonds. The van der Waals surface area contributed by atoms with E-state index in [1.807, 2.05) is 0 Å². The SMILES string of the molecule is CC(NC(=O)/C=C/c1ccco1)C(O)c1ccc(Cl)cc1. The molecule has 0 saturated carbocycles. The number of carbonyl (C=O) groups is 1. The Morgan fingerprint density at radius 3 is 2.67 bits per heavy atom. The summed E-state index contributed by atoms with van der Waals surface area (Å²) in [5.74, 6) is 0.294. The first-order valence-corrected chi connectivity index (χ1v) is 6.89. The third-order valence-electron chi connectivity index (χ3n) is 3.00. The van der Waals surface area contributed by atoms with Crippen molar-refractivity contribution >= 4 is 23.6 Å². The van der Waals surface area contributed by atoms with E-state index in [0.29, 0.717) is 16.3 Å². The number of furan rings is 1. The number of halogens is 1. The number of carbonyl (C=O) groups excluding carboxylic acids is 1. The maximum Gasteiger partial charge on any atom is 0.244 e. The first kappa shape index (κ1) is 15.4. The van der Waals surface area contributed by atoms with Gasteiger partial charge >= 0.3 is 0 Å². The maximum absolute atomic E-state index is 11.8. The second-order valence-electron chi connectivity index (χ2n) is 4.64. The first-order valence-electron chi connectivity index (χ1n) is 6.52. The van der Waals surface area contributed by atoms with E-state index in [1.54, 1.807) is 49.4 Å². The number of hydrogen-bond acceptors (Lipinski definition) is 3. The smallest absolute Gasteiger partial charge is 0.244 e. The van der Waals surface area contributed by atoms with Crippen LogP contribution in [0.1, 0.15) is 24.4 Å². The lowest BCUT2D eigenvalue weighted by Crippen LogP contribution is -2.36. The highest BCUT2D eigenvalue weighted by Gasteiger charge is 2.17. The van der Waals surface area contributed by atoms with Crippen molar-refractivity contribution in [2.24, 2.45) is 0 Å². The van der Waals surface area contributed by atoms with Crippen molar-refractivity contribution in [3.8, 4) is 0 Å². The Bertz CT molecular complexity index is 605. The summed E-state index contributed by atoms with van der Waals surface area (Å²) in [6.07, 6.45) is 3.66. The topological polar surface area (TPSA) is 62.5 Å². The van der Waals surface area contributed by atoms with E-state index in [-0.39, 0.29) is 5.91 Å². The van der Waals surface area contributed by atoms with Gasteiger partial charge in [-0.2, -0.15) is 0 Å². The number of aliphatic hydroxyl groups excluding tert-OH is 1. The molecule has 2 unspecified atom stereocenters. The van der Waals surface area contributed by atoms with Crippen molar-refractivity contribution < 1.29 is 14.3 Å². The first-order chi connectivity index (χ1) is 10.1. The Kier molecular flexibility index (Phi) is 5.20. The highest BCUT2D eigenvalue weighted by atomic mass is 35.5. The van der Waals surface area contributed by atoms with E-state index in [1.165, 1.54) is 12.3 Å². The molecule has 0 saturated heterocycles. The van der Waals surface area contributed by atoms with Gasteiger partial charge in [-0.3, -0.25) is 4.79 Å². The van der Waals surface area contributed by atoms with Gasteiger partial charge in [-0.05, 0) is 42.8 Å². The van der Waals surface area contributed by atoms with Crippen LogP contribution in [0.2, 0.25) is 5.02 Å². The lowest BCUT2D eigenvalue weighted by molar-refractivity contribution is -0.117. The molecule has 0 spiro atoms. The van der Waals surface area contributed by atoms with E-state index in [9.17, 15) is 9.90 Å². The van der Waals surface area contributed by atoms with Gasteiger partial charge < -0.3 is 14.8 Å². The van der Waals surface area contributed by atoms with Crippen molar-refractivity contribution in [2.45, 2.75) is 19.1 Å². The minimum absolute atomic E-state index is 0.299. The average Bonchev–Trinajstić information content (AvgIpc) is 2.98. The number of benzene rings is 1. The summed E-state index contributed by atoms with van der Waals surface area (Å²) in [6, 6.07) is 9.92. The zero-order chi connectivity index (χ0) is 15.2. The largest absolute Gasteiger partial charge is 0.465 e. The quantitative estimate of drug-likeness (QED) is 0.834. The van der Waals surface area contributed by atoms with Crippen molar-refractivity contribution in [2.75, 3.05) is 0 Å². The molecule has 1 aromatic heterocycles. The molecule has 0 aliphatic heterocycles. The molecule has 2 N–H and O–H groups in total. The molecule has 0 aliphatic carbocycles. The summed E-state index contributed by atoms with van der Waals surface area (Å²) >= 11 is 5.80. The molecule has 4 nitrogen and oxygen atoms in total. The summed E-state index contributed by atoms with van der Waals surface area (Å²) in [5.41, 5.74) is 0.696. The van der Waals surface area contributed by atoms with Crippen molar-refractivity contribution in [3.63, 3.8) is 0 Å². The lowest BCUT2D eigenvalue weighted by Gasteiger charge is -2.20. The van der Waals surface area contributed by atoms with Crippen LogP contribution in [0, 0.1) is 0 Å². The molecular formula is C16H16ClNO3. The number of aliphatic hydroxyl groups is 1. The van der Waals surface area contributed by atoms with Crippen LogP contribution in [-0.2, 0) is 4.79 Å². The third kappa shape index (κ3) is 4.48. The molecule has 0 fully saturated rings. The Morgan fingerprint density at radius 1 is 1.33 bits per heavy atom. The molecule has 0 aliphatic rings. The summed E-state index contributed by atoms with van der Waals surface area (Å²) in [5, 5.41) is 13.5. The van der Waals surface area contributed by atoms with Gasteiger partial charge in [-0.1, -0.05) is 23.7 Å². The van der Waals surface area contributed by atoms with E-state index in [0.717, 1.165) is 0 Å². The standard InChI is InChI=1S/C16H16ClNO3/c1-11(16(20)12-4-6-13(17)7-5-12)18-15(19)9-8-14-3-2-10-21-14/h2-11,16,20H,1H3,(H,18,19)/b9-8+. The second kappa shape index (κ2) is 7.11. The molecule has 21 heavy (non-hydrogen) atoms. The van der Waals surface area contributed by atoms with Crippen LogP contribution in [0.25, 0.3) is 6.08 Å². The van der Waals surface area contributed by atoms with Gasteiger partial charge in [0.25, 0.3) is 0 Å². The summed E-state index contributed by atoms with van der Waals surface area (Å²) in [7, 11) is 0. The molecular weight excluding hydrogens is 290 g/mol. The van der Waals surface area contributed by atoms with E-state index in [2.05, 4.69) is 5.32 Å². The summed E-state index contributed by atoms with van der Waals surface area (Å²) in [4.78, 5) is 11.8. The molecule has 2 rings (SSSR count). The number of rotatable bonds is 5. The monoisotopic (exact) mass is 305 g/mol. The number of amides is 1. The molecule has 2 atom stereocenters. The number of hydrogen-bond donors (Lipinski definition) is 2. The Hall–Kier alpha value is -2.04. The fraction of sp³-hybridized carbons (Fsp3) is 0.188. The summed E-state index contributed by atoms with van der Waals surface area (Å²) in [6.45, 7) is 1.73. The minimum atomic E-state index is -0.803. The van der Waals surface area contributed by atoms with Gasteiger partial charge in [0, 0.05) is 11.1 Å². The fourth-order valence-corrected chi connectivity index (χ4v) is 1.97. The Labute approximate surface area is 128 Å². The Morgan fingerprint density at radius 2 is 2.05 bits per heavy atom. The van der Waals surface area contributed by atoms with Gasteiger partial charge in [0.1, 0.15) is 5.76 Å². The summed E-state index contributed by atoms with van der Waals surface area (Å²) < 4.78 is 5.09. The minimum Gasteiger partial charge on any atom is -0.465 e. The zero-order valence-corrected chi connectivity index (χ0v) is 12.2. The van der Waals surface area contributed by atoms with Crippen molar-refractivity contribution in [1.29, 1.82) is 0 Å². The molecule has 0 bridgehead atoms. The second-order valence-corrected chi connectivity index (χ2v) is 5.08. The zero-order valence-electron chi connectivity index (χ0n) is 11.5. The van der Waals surface area contributed by atoms with Crippen LogP contribution in [0.4, 0.5) is 0 Å². The predicted octanol–water partition coefficient (Wildman–Crippen LogP) is 3.18. The van der Waals surface area contributed by atoms with Crippen LogP contribution >= 0.6 is 11.6 Å². The van der Waals surface area contributed by atoms with Crippen LogP contribution in [-0.4, -0.2) is 17.1 Å². The highest BCUT2D eigenvalue weighted by Crippen LogP contribution is 2.19. The molecule has 5 heteroatoms. The normalized spacial score (nSPS) is 14.0. The average molecular weight is 306 g/mol. The third-order valence-corrected chi connectivity index (χ3v) is 3.25. The molecule has 2 aromatic rings. The van der Waals surface area contributed by atoms with Gasteiger partial charge in [-0.25, -0.2) is 0 Å². The van der Waals surface area contributed by atoms with Gasteiger partial charge in [0.2, 0.25) is 5.91 Å². The maximum atomic E-state index is 11.8. The molecule has 1 heterocycles. The van der Waals surface area contributed by atoms with Crippen LogP contribution < -0.4 is 5.32 Å². The van der Waals surface area contributed by atoms with E-state index >= 15 is 0 Å². The van der Waals surface area contributed by atoms with Gasteiger partial charge in [-0.15, -0.1) is 0 Å². The van der Waals surface area contributed by atoms with Crippen molar-refractivity contribution in [3.05, 3.63) is 65.1 Å². The fourth-order valence-electron chi connectivity index (χ4n) is 1.84. The van der Waals surface area contributed by atoms with Gasteiger partial charge in [0.15, 0.2) is 0 Å². The molecule has 110 valence electrons. The van der Waals surface area contributed by atoms with Crippen LogP contribution in [0.15, 0.2) is 53.2 Å². The van der Waals surface area contributed by atoms with Crippen molar-refractivity contribution in [1.82, 2.24) is 5.32 Å². The lowest BCUT2D eigenvalue weighted by atomic mass is 10.0. The number of nitrogens with one attached hydrogen (secondary N) is 1. The van der Waals surface area contributed by atoms with Crippen LogP contribution in [0.3, 0.4) is 0 Å². The van der Waals surface area contributed by atoms with E-state index in [4.69, 9.17) is 16.0 Å². The van der Waals surface area contributed by atoms with Crippen LogP contribution in [0.5, 0.6) is 0 Å². The van der Waals surface area contributed by atoms with E-state index < -0.39 is 12.1 Å². The van der Waals surface area contributed by atoms with Gasteiger partial charge in [0.05, 0.1) is 18.4 Å². The predicted molar refractivity (Wildman–Crippen MR) is 81.8 cm³/mol. The molecule has 1 aromatic carbocycles. The molecule has 0 radical (unpaired) electrons. The highest BCUT2D eigenvalue weighted by molar-refractivity contribution is 6.30.